The fourth-order valence-electron chi connectivity index (χ4n) is 0.777. The standard InChI is InChI=1S/C7H8FNO/c8-6-3-1-5(2-4-6)7(9)10/h1-3,6H,4H2,(H2,9,10). The second kappa shape index (κ2) is 2.64. The van der Waals surface area contributed by atoms with Crippen molar-refractivity contribution in [1.82, 2.24) is 0 Å². The van der Waals surface area contributed by atoms with E-state index in [1.807, 2.05) is 0 Å². The fourth-order valence-corrected chi connectivity index (χ4v) is 0.777. The van der Waals surface area contributed by atoms with Gasteiger partial charge in [0, 0.05) is 12.0 Å². The molecule has 0 heterocycles. The molecule has 0 saturated carbocycles. The summed E-state index contributed by atoms with van der Waals surface area (Å²) in [5, 5.41) is 0. The van der Waals surface area contributed by atoms with Crippen LogP contribution >= 0.6 is 0 Å². The van der Waals surface area contributed by atoms with Gasteiger partial charge in [0.2, 0.25) is 5.91 Å². The smallest absolute Gasteiger partial charge is 0.248 e. The van der Waals surface area contributed by atoms with Crippen LogP contribution in [0.15, 0.2) is 23.8 Å². The Bertz CT molecular complexity index is 208. The Morgan fingerprint density at radius 2 is 2.50 bits per heavy atom. The lowest BCUT2D eigenvalue weighted by atomic mass is 10.1. The molecule has 0 saturated heterocycles. The van der Waals surface area contributed by atoms with Gasteiger partial charge in [-0.05, 0) is 6.08 Å². The van der Waals surface area contributed by atoms with Crippen molar-refractivity contribution in [2.24, 2.45) is 5.73 Å². The number of nitrogens with two attached hydrogens (primary N) is 1. The average molecular weight is 141 g/mol. The lowest BCUT2D eigenvalue weighted by Crippen LogP contribution is -2.15. The van der Waals surface area contributed by atoms with Crippen molar-refractivity contribution < 1.29 is 9.18 Å². The summed E-state index contributed by atoms with van der Waals surface area (Å²) in [6.07, 6.45) is 3.56. The van der Waals surface area contributed by atoms with Crippen molar-refractivity contribution in [3.63, 3.8) is 0 Å². The topological polar surface area (TPSA) is 43.1 Å². The minimum absolute atomic E-state index is 0.259. The number of carbonyl (C=O) groups excluding carboxylic acids is 1. The first-order chi connectivity index (χ1) is 4.70. The Kier molecular flexibility index (Phi) is 1.85. The molecule has 3 heteroatoms. The molecule has 1 amide bonds. The highest BCUT2D eigenvalue weighted by Gasteiger charge is 2.08. The zero-order valence-corrected chi connectivity index (χ0v) is 5.38. The molecule has 0 bridgehead atoms. The lowest BCUT2D eigenvalue weighted by Gasteiger charge is -2.05. The number of alkyl halides is 1. The molecule has 1 aliphatic carbocycles. The summed E-state index contributed by atoms with van der Waals surface area (Å²) in [5.74, 6) is -0.497. The number of primary amides is 1. The normalized spacial score (nSPS) is 24.1. The summed E-state index contributed by atoms with van der Waals surface area (Å²) in [5.41, 5.74) is 5.33. The largest absolute Gasteiger partial charge is 0.366 e. The lowest BCUT2D eigenvalue weighted by molar-refractivity contribution is -0.114. The highest BCUT2D eigenvalue weighted by Crippen LogP contribution is 2.11. The van der Waals surface area contributed by atoms with Crippen molar-refractivity contribution in [1.29, 1.82) is 0 Å². The minimum Gasteiger partial charge on any atom is -0.366 e. The van der Waals surface area contributed by atoms with Crippen LogP contribution in [0, 0.1) is 0 Å². The quantitative estimate of drug-likeness (QED) is 0.573. The molecular weight excluding hydrogens is 133 g/mol. The van der Waals surface area contributed by atoms with E-state index in [1.54, 1.807) is 0 Å². The molecule has 1 atom stereocenters. The summed E-state index contributed by atoms with van der Waals surface area (Å²) in [6.45, 7) is 0. The van der Waals surface area contributed by atoms with Gasteiger partial charge in [-0.1, -0.05) is 12.2 Å². The Morgan fingerprint density at radius 1 is 1.80 bits per heavy atom. The molecule has 1 rings (SSSR count). The molecule has 0 spiro atoms. The van der Waals surface area contributed by atoms with Crippen LogP contribution in [0.25, 0.3) is 0 Å². The first-order valence-electron chi connectivity index (χ1n) is 3.02. The number of allylic oxidation sites excluding steroid dienone is 2. The molecule has 0 aliphatic heterocycles. The van der Waals surface area contributed by atoms with E-state index in [-0.39, 0.29) is 6.42 Å². The predicted octanol–water partition coefficient (Wildman–Crippen LogP) is 0.696. The van der Waals surface area contributed by atoms with Crippen LogP contribution < -0.4 is 5.73 Å². The van der Waals surface area contributed by atoms with Gasteiger partial charge in [-0.15, -0.1) is 0 Å². The molecule has 0 aromatic heterocycles. The third-order valence-electron chi connectivity index (χ3n) is 1.33. The molecule has 1 aliphatic rings. The molecule has 0 radical (unpaired) electrons. The first-order valence-corrected chi connectivity index (χ1v) is 3.02. The van der Waals surface area contributed by atoms with Crippen molar-refractivity contribution in [2.75, 3.05) is 0 Å². The van der Waals surface area contributed by atoms with Gasteiger partial charge in [0.1, 0.15) is 6.17 Å². The van der Waals surface area contributed by atoms with E-state index in [4.69, 9.17) is 5.73 Å². The number of carbonyl (C=O) groups is 1. The Morgan fingerprint density at radius 3 is 2.90 bits per heavy atom. The van der Waals surface area contributed by atoms with Crippen LogP contribution in [-0.2, 0) is 4.79 Å². The Balaban J connectivity index is 2.67. The highest BCUT2D eigenvalue weighted by atomic mass is 19.1. The summed E-state index contributed by atoms with van der Waals surface area (Å²) >= 11 is 0. The molecule has 2 N–H and O–H groups in total. The molecular formula is C7H8FNO. The monoisotopic (exact) mass is 141 g/mol. The molecule has 2 nitrogen and oxygen atoms in total. The van der Waals surface area contributed by atoms with Crippen LogP contribution in [0.2, 0.25) is 0 Å². The van der Waals surface area contributed by atoms with Crippen molar-refractivity contribution in [2.45, 2.75) is 12.6 Å². The number of hydrogen-bond acceptors (Lipinski definition) is 1. The van der Waals surface area contributed by atoms with Crippen LogP contribution in [0.4, 0.5) is 4.39 Å². The number of rotatable bonds is 1. The summed E-state index contributed by atoms with van der Waals surface area (Å²) in [6, 6.07) is 0. The van der Waals surface area contributed by atoms with Crippen molar-refractivity contribution >= 4 is 5.91 Å². The Labute approximate surface area is 58.2 Å². The second-order valence-corrected chi connectivity index (χ2v) is 2.13. The van der Waals surface area contributed by atoms with Gasteiger partial charge in [0.15, 0.2) is 0 Å². The van der Waals surface area contributed by atoms with E-state index in [0.717, 1.165) is 0 Å². The number of hydrogen-bond donors (Lipinski definition) is 1. The fraction of sp³-hybridized carbons (Fsp3) is 0.286. The van der Waals surface area contributed by atoms with Crippen molar-refractivity contribution in [3.05, 3.63) is 23.8 Å². The van der Waals surface area contributed by atoms with Gasteiger partial charge in [-0.2, -0.15) is 0 Å². The first kappa shape index (κ1) is 6.99. The van der Waals surface area contributed by atoms with Gasteiger partial charge in [0.25, 0.3) is 0 Å². The maximum Gasteiger partial charge on any atom is 0.248 e. The van der Waals surface area contributed by atoms with E-state index in [2.05, 4.69) is 0 Å². The van der Waals surface area contributed by atoms with E-state index in [9.17, 15) is 9.18 Å². The van der Waals surface area contributed by atoms with E-state index in [0.29, 0.717) is 5.57 Å². The van der Waals surface area contributed by atoms with E-state index < -0.39 is 12.1 Å². The third-order valence-corrected chi connectivity index (χ3v) is 1.33. The van der Waals surface area contributed by atoms with Gasteiger partial charge in [-0.25, -0.2) is 4.39 Å². The van der Waals surface area contributed by atoms with Crippen LogP contribution in [0.5, 0.6) is 0 Å². The minimum atomic E-state index is -0.955. The van der Waals surface area contributed by atoms with Gasteiger partial charge in [-0.3, -0.25) is 4.79 Å². The maximum absolute atomic E-state index is 12.3. The summed E-state index contributed by atoms with van der Waals surface area (Å²) in [4.78, 5) is 10.4. The second-order valence-electron chi connectivity index (χ2n) is 2.13. The zero-order chi connectivity index (χ0) is 7.56. The molecule has 0 aromatic rings. The summed E-state index contributed by atoms with van der Waals surface area (Å²) in [7, 11) is 0. The highest BCUT2D eigenvalue weighted by molar-refractivity contribution is 5.94. The van der Waals surface area contributed by atoms with Gasteiger partial charge < -0.3 is 5.73 Å². The maximum atomic E-state index is 12.3. The van der Waals surface area contributed by atoms with Crippen LogP contribution in [0.1, 0.15) is 6.42 Å². The van der Waals surface area contributed by atoms with Crippen LogP contribution in [-0.4, -0.2) is 12.1 Å². The summed E-state index contributed by atoms with van der Waals surface area (Å²) < 4.78 is 12.3. The zero-order valence-electron chi connectivity index (χ0n) is 5.38. The number of amides is 1. The Hall–Kier alpha value is -1.12. The SMILES string of the molecule is NC(=O)C1=CCC(F)C=C1. The van der Waals surface area contributed by atoms with E-state index in [1.165, 1.54) is 18.2 Å². The van der Waals surface area contributed by atoms with Gasteiger partial charge >= 0.3 is 0 Å². The molecule has 54 valence electrons. The van der Waals surface area contributed by atoms with Crippen LogP contribution in [0.3, 0.4) is 0 Å². The molecule has 10 heavy (non-hydrogen) atoms. The predicted molar refractivity (Wildman–Crippen MR) is 35.9 cm³/mol. The average Bonchev–Trinajstić information content (AvgIpc) is 1.88. The van der Waals surface area contributed by atoms with Gasteiger partial charge in [0.05, 0.1) is 0 Å². The molecule has 0 aromatic carbocycles. The van der Waals surface area contributed by atoms with Crippen molar-refractivity contribution in [3.8, 4) is 0 Å². The number of halogens is 1. The molecule has 1 unspecified atom stereocenters. The van der Waals surface area contributed by atoms with E-state index >= 15 is 0 Å². The molecule has 0 fully saturated rings. The third kappa shape index (κ3) is 1.43.